The number of methoxy groups -OCH3 is 2. The molecule has 0 unspecified atom stereocenters. The molecule has 2 aromatic rings. The summed E-state index contributed by atoms with van der Waals surface area (Å²) >= 11 is 0. The molecule has 8 heteroatoms. The van der Waals surface area contributed by atoms with Crippen molar-refractivity contribution >= 4 is 5.91 Å². The fourth-order valence-electron chi connectivity index (χ4n) is 4.07. The molecule has 1 aliphatic heterocycles. The average Bonchev–Trinajstić information content (AvgIpc) is 3.27. The number of rotatable bonds is 10. The van der Waals surface area contributed by atoms with Gasteiger partial charge in [-0.3, -0.25) is 9.69 Å². The monoisotopic (exact) mass is 430 g/mol. The van der Waals surface area contributed by atoms with E-state index >= 15 is 0 Å². The van der Waals surface area contributed by atoms with Crippen molar-refractivity contribution in [3.8, 4) is 22.9 Å². The van der Waals surface area contributed by atoms with Gasteiger partial charge in [0.15, 0.2) is 11.5 Å². The second-order valence-electron chi connectivity index (χ2n) is 7.96. The highest BCUT2D eigenvalue weighted by Gasteiger charge is 2.28. The Labute approximate surface area is 184 Å². The van der Waals surface area contributed by atoms with E-state index in [-0.39, 0.29) is 5.92 Å². The Bertz CT molecular complexity index is 840. The number of piperidine rings is 1. The standard InChI is InChI=1S/C23H34N4O4/c1-5-11-27(12-6-2)23(28)17-9-13-26(14-10-17)16-21-24-22(25-31-21)18-7-8-19(29-3)20(15-18)30-4/h7-8,15,17H,5-6,9-14,16H2,1-4H3. The molecule has 170 valence electrons. The first-order chi connectivity index (χ1) is 15.1. The van der Waals surface area contributed by atoms with Crippen molar-refractivity contribution in [3.63, 3.8) is 0 Å². The van der Waals surface area contributed by atoms with E-state index in [1.54, 1.807) is 14.2 Å². The molecule has 0 spiro atoms. The lowest BCUT2D eigenvalue weighted by Gasteiger charge is -2.33. The maximum atomic E-state index is 12.8. The summed E-state index contributed by atoms with van der Waals surface area (Å²) in [4.78, 5) is 21.7. The summed E-state index contributed by atoms with van der Waals surface area (Å²) in [6, 6.07) is 5.54. The Kier molecular flexibility index (Phi) is 8.28. The van der Waals surface area contributed by atoms with Crippen molar-refractivity contribution in [2.24, 2.45) is 5.92 Å². The van der Waals surface area contributed by atoms with Gasteiger partial charge in [-0.2, -0.15) is 4.98 Å². The molecule has 0 N–H and O–H groups in total. The quantitative estimate of drug-likeness (QED) is 0.569. The smallest absolute Gasteiger partial charge is 0.241 e. The molecule has 1 fully saturated rings. The molecular formula is C23H34N4O4. The number of aromatic nitrogens is 2. The topological polar surface area (TPSA) is 80.9 Å². The maximum absolute atomic E-state index is 12.8. The van der Waals surface area contributed by atoms with Crippen molar-refractivity contribution < 1.29 is 18.8 Å². The first-order valence-electron chi connectivity index (χ1n) is 11.2. The van der Waals surface area contributed by atoms with Crippen LogP contribution >= 0.6 is 0 Å². The maximum Gasteiger partial charge on any atom is 0.241 e. The van der Waals surface area contributed by atoms with Crippen LogP contribution in [-0.4, -0.2) is 66.2 Å². The Hall–Kier alpha value is -2.61. The number of nitrogens with zero attached hydrogens (tertiary/aromatic N) is 4. The van der Waals surface area contributed by atoms with Crippen LogP contribution in [0.4, 0.5) is 0 Å². The Morgan fingerprint density at radius 2 is 1.81 bits per heavy atom. The highest BCUT2D eigenvalue weighted by molar-refractivity contribution is 5.79. The van der Waals surface area contributed by atoms with E-state index in [0.717, 1.165) is 57.4 Å². The van der Waals surface area contributed by atoms with Crippen molar-refractivity contribution in [1.29, 1.82) is 0 Å². The van der Waals surface area contributed by atoms with Gasteiger partial charge in [0.1, 0.15) is 0 Å². The van der Waals surface area contributed by atoms with E-state index in [1.807, 2.05) is 23.1 Å². The van der Waals surface area contributed by atoms with Crippen LogP contribution in [0.5, 0.6) is 11.5 Å². The molecule has 0 saturated carbocycles. The van der Waals surface area contributed by atoms with Gasteiger partial charge in [-0.15, -0.1) is 0 Å². The van der Waals surface area contributed by atoms with Crippen LogP contribution in [-0.2, 0) is 11.3 Å². The zero-order valence-corrected chi connectivity index (χ0v) is 19.1. The van der Waals surface area contributed by atoms with Gasteiger partial charge in [0, 0.05) is 24.6 Å². The van der Waals surface area contributed by atoms with Crippen molar-refractivity contribution in [2.75, 3.05) is 40.4 Å². The van der Waals surface area contributed by atoms with E-state index in [4.69, 9.17) is 14.0 Å². The molecule has 8 nitrogen and oxygen atoms in total. The summed E-state index contributed by atoms with van der Waals surface area (Å²) in [5.41, 5.74) is 0.809. The summed E-state index contributed by atoms with van der Waals surface area (Å²) in [6.45, 7) is 8.27. The molecule has 31 heavy (non-hydrogen) atoms. The number of likely N-dealkylation sites (tertiary alicyclic amines) is 1. The van der Waals surface area contributed by atoms with E-state index < -0.39 is 0 Å². The summed E-state index contributed by atoms with van der Waals surface area (Å²) in [6.07, 6.45) is 3.76. The highest BCUT2D eigenvalue weighted by Crippen LogP contribution is 2.31. The van der Waals surface area contributed by atoms with E-state index in [2.05, 4.69) is 28.9 Å². The number of carbonyl (C=O) groups excluding carboxylic acids is 1. The van der Waals surface area contributed by atoms with Crippen LogP contribution in [0.25, 0.3) is 11.4 Å². The number of carbonyl (C=O) groups is 1. The number of hydrogen-bond acceptors (Lipinski definition) is 7. The van der Waals surface area contributed by atoms with Crippen LogP contribution in [0.15, 0.2) is 22.7 Å². The number of amides is 1. The number of ether oxygens (including phenoxy) is 2. The molecule has 0 bridgehead atoms. The Morgan fingerprint density at radius 1 is 1.13 bits per heavy atom. The summed E-state index contributed by atoms with van der Waals surface area (Å²) < 4.78 is 16.1. The normalized spacial score (nSPS) is 15.1. The van der Waals surface area contributed by atoms with Gasteiger partial charge in [-0.05, 0) is 57.0 Å². The lowest BCUT2D eigenvalue weighted by molar-refractivity contribution is -0.137. The van der Waals surface area contributed by atoms with Crippen LogP contribution in [0.1, 0.15) is 45.4 Å². The fourth-order valence-corrected chi connectivity index (χ4v) is 4.07. The van der Waals surface area contributed by atoms with E-state index in [0.29, 0.717) is 35.7 Å². The Balaban J connectivity index is 1.56. The number of benzene rings is 1. The first-order valence-corrected chi connectivity index (χ1v) is 11.2. The molecule has 1 amide bonds. The van der Waals surface area contributed by atoms with Gasteiger partial charge in [0.05, 0.1) is 20.8 Å². The molecule has 2 heterocycles. The zero-order chi connectivity index (χ0) is 22.2. The van der Waals surface area contributed by atoms with Gasteiger partial charge < -0.3 is 18.9 Å². The minimum absolute atomic E-state index is 0.124. The predicted molar refractivity (Wildman–Crippen MR) is 118 cm³/mol. The molecule has 1 aromatic heterocycles. The Morgan fingerprint density at radius 3 is 2.42 bits per heavy atom. The molecule has 3 rings (SSSR count). The highest BCUT2D eigenvalue weighted by atomic mass is 16.5. The summed E-state index contributed by atoms with van der Waals surface area (Å²) in [5, 5.41) is 4.12. The van der Waals surface area contributed by atoms with Gasteiger partial charge in [-0.1, -0.05) is 19.0 Å². The van der Waals surface area contributed by atoms with E-state index in [1.165, 1.54) is 0 Å². The second kappa shape index (κ2) is 11.1. The fraction of sp³-hybridized carbons (Fsp3) is 0.609. The largest absolute Gasteiger partial charge is 0.493 e. The summed E-state index contributed by atoms with van der Waals surface area (Å²) in [7, 11) is 3.20. The predicted octanol–water partition coefficient (Wildman–Crippen LogP) is 3.61. The minimum atomic E-state index is 0.124. The molecule has 1 aliphatic rings. The van der Waals surface area contributed by atoms with Crippen LogP contribution in [0.3, 0.4) is 0 Å². The van der Waals surface area contributed by atoms with Gasteiger partial charge in [0.25, 0.3) is 0 Å². The molecule has 0 atom stereocenters. The van der Waals surface area contributed by atoms with Crippen molar-refractivity contribution in [2.45, 2.75) is 46.1 Å². The average molecular weight is 431 g/mol. The van der Waals surface area contributed by atoms with Gasteiger partial charge in [-0.25, -0.2) is 0 Å². The second-order valence-corrected chi connectivity index (χ2v) is 7.96. The minimum Gasteiger partial charge on any atom is -0.493 e. The lowest BCUT2D eigenvalue weighted by Crippen LogP contribution is -2.43. The molecular weight excluding hydrogens is 396 g/mol. The van der Waals surface area contributed by atoms with Crippen LogP contribution in [0, 0.1) is 5.92 Å². The van der Waals surface area contributed by atoms with Crippen LogP contribution < -0.4 is 9.47 Å². The zero-order valence-electron chi connectivity index (χ0n) is 19.1. The molecule has 1 saturated heterocycles. The molecule has 1 aromatic carbocycles. The van der Waals surface area contributed by atoms with Gasteiger partial charge in [0.2, 0.25) is 17.6 Å². The summed E-state index contributed by atoms with van der Waals surface area (Å²) in [5.74, 6) is 2.82. The van der Waals surface area contributed by atoms with E-state index in [9.17, 15) is 4.79 Å². The van der Waals surface area contributed by atoms with Gasteiger partial charge >= 0.3 is 0 Å². The third-order valence-electron chi connectivity index (χ3n) is 5.70. The number of hydrogen-bond donors (Lipinski definition) is 0. The molecule has 0 radical (unpaired) electrons. The van der Waals surface area contributed by atoms with Crippen LogP contribution in [0.2, 0.25) is 0 Å². The molecule has 0 aliphatic carbocycles. The third-order valence-corrected chi connectivity index (χ3v) is 5.70. The van der Waals surface area contributed by atoms with Crippen molar-refractivity contribution in [3.05, 3.63) is 24.1 Å². The SMILES string of the molecule is CCCN(CCC)C(=O)C1CCN(Cc2nc(-c3ccc(OC)c(OC)c3)no2)CC1. The first kappa shape index (κ1) is 23.1. The third kappa shape index (κ3) is 5.76. The lowest BCUT2D eigenvalue weighted by atomic mass is 9.95. The van der Waals surface area contributed by atoms with Crippen molar-refractivity contribution in [1.82, 2.24) is 19.9 Å².